The molecule has 7 nitrogen and oxygen atoms in total. The third kappa shape index (κ3) is 5.45. The van der Waals surface area contributed by atoms with Gasteiger partial charge in [0.1, 0.15) is 6.04 Å². The number of aromatic nitrogens is 1. The lowest BCUT2D eigenvalue weighted by Crippen LogP contribution is -2.61. The number of piperidine rings is 1. The van der Waals surface area contributed by atoms with E-state index in [1.54, 1.807) is 11.1 Å². The summed E-state index contributed by atoms with van der Waals surface area (Å²) in [6, 6.07) is 4.94. The SMILES string of the molecule is N[C@H](CCCCN1CCCCC1)C(=O)N1CC[C@H]1C(=O)NCc1ccc2[nH]cc(Cl)c2c1. The van der Waals surface area contributed by atoms with Gasteiger partial charge in [-0.05, 0) is 69.4 Å². The van der Waals surface area contributed by atoms with Crippen LogP contribution in [0.3, 0.4) is 0 Å². The first-order valence-corrected chi connectivity index (χ1v) is 12.2. The normalized spacial score (nSPS) is 20.2. The third-order valence-electron chi connectivity index (χ3n) is 6.77. The average Bonchev–Trinajstić information content (AvgIpc) is 3.15. The Balaban J connectivity index is 1.20. The van der Waals surface area contributed by atoms with Gasteiger partial charge in [-0.3, -0.25) is 9.59 Å². The van der Waals surface area contributed by atoms with E-state index in [2.05, 4.69) is 15.2 Å². The molecule has 2 amide bonds. The predicted octanol–water partition coefficient (Wildman–Crippen LogP) is 3.02. The maximum absolute atomic E-state index is 12.8. The fourth-order valence-corrected chi connectivity index (χ4v) is 4.90. The van der Waals surface area contributed by atoms with Crippen LogP contribution in [-0.4, -0.2) is 64.9 Å². The Morgan fingerprint density at radius 1 is 1.19 bits per heavy atom. The van der Waals surface area contributed by atoms with E-state index in [4.69, 9.17) is 17.3 Å². The summed E-state index contributed by atoms with van der Waals surface area (Å²) in [6.07, 6.45) is 9.06. The lowest BCUT2D eigenvalue weighted by molar-refractivity contribution is -0.148. The van der Waals surface area contributed by atoms with Crippen molar-refractivity contribution in [2.75, 3.05) is 26.2 Å². The summed E-state index contributed by atoms with van der Waals surface area (Å²) in [7, 11) is 0. The molecule has 0 radical (unpaired) electrons. The van der Waals surface area contributed by atoms with E-state index < -0.39 is 12.1 Å². The van der Waals surface area contributed by atoms with Crippen molar-refractivity contribution in [2.45, 2.75) is 63.6 Å². The Morgan fingerprint density at radius 2 is 2.00 bits per heavy atom. The Labute approximate surface area is 194 Å². The first kappa shape index (κ1) is 23.1. The van der Waals surface area contributed by atoms with Crippen molar-refractivity contribution in [2.24, 2.45) is 5.73 Å². The zero-order chi connectivity index (χ0) is 22.5. The zero-order valence-corrected chi connectivity index (χ0v) is 19.4. The van der Waals surface area contributed by atoms with E-state index in [-0.39, 0.29) is 11.8 Å². The van der Waals surface area contributed by atoms with E-state index in [0.717, 1.165) is 35.9 Å². The summed E-state index contributed by atoms with van der Waals surface area (Å²) >= 11 is 6.18. The second-order valence-electron chi connectivity index (χ2n) is 9.08. The van der Waals surface area contributed by atoms with Crippen LogP contribution < -0.4 is 11.1 Å². The minimum absolute atomic E-state index is 0.102. The van der Waals surface area contributed by atoms with Crippen LogP contribution in [0.15, 0.2) is 24.4 Å². The Hall–Kier alpha value is -2.09. The highest BCUT2D eigenvalue weighted by Gasteiger charge is 2.39. The molecule has 0 spiro atoms. The van der Waals surface area contributed by atoms with Crippen molar-refractivity contribution >= 4 is 34.3 Å². The molecule has 2 saturated heterocycles. The number of hydrogen-bond donors (Lipinski definition) is 3. The van der Waals surface area contributed by atoms with Gasteiger partial charge in [0.05, 0.1) is 11.1 Å². The van der Waals surface area contributed by atoms with Gasteiger partial charge in [-0.1, -0.05) is 30.5 Å². The molecule has 1 aromatic heterocycles. The third-order valence-corrected chi connectivity index (χ3v) is 7.09. The largest absolute Gasteiger partial charge is 0.360 e. The lowest BCUT2D eigenvalue weighted by atomic mass is 9.98. The lowest BCUT2D eigenvalue weighted by Gasteiger charge is -2.41. The monoisotopic (exact) mass is 459 g/mol. The van der Waals surface area contributed by atoms with Gasteiger partial charge in [0.15, 0.2) is 0 Å². The maximum atomic E-state index is 12.8. The van der Waals surface area contributed by atoms with Gasteiger partial charge in [-0.15, -0.1) is 0 Å². The summed E-state index contributed by atoms with van der Waals surface area (Å²) in [5.74, 6) is -0.225. The predicted molar refractivity (Wildman–Crippen MR) is 127 cm³/mol. The summed E-state index contributed by atoms with van der Waals surface area (Å²) in [5.41, 5.74) is 8.11. The number of nitrogens with zero attached hydrogens (tertiary/aromatic N) is 2. The molecule has 2 aliphatic heterocycles. The van der Waals surface area contributed by atoms with Crippen molar-refractivity contribution in [1.82, 2.24) is 20.1 Å². The number of halogens is 1. The van der Waals surface area contributed by atoms with Crippen LogP contribution in [0.4, 0.5) is 0 Å². The summed E-state index contributed by atoms with van der Waals surface area (Å²) in [5, 5.41) is 4.55. The Morgan fingerprint density at radius 3 is 2.75 bits per heavy atom. The standard InChI is InChI=1S/C24H34ClN5O2/c25-19-16-27-21-8-7-17(14-18(19)21)15-28-23(31)22-9-13-30(22)24(32)20(26)6-2-5-12-29-10-3-1-4-11-29/h7-8,14,16,20,22,27H,1-6,9-13,15,26H2,(H,28,31)/t20-,22+/m1/s1. The van der Waals surface area contributed by atoms with Gasteiger partial charge < -0.3 is 25.8 Å². The highest BCUT2D eigenvalue weighted by molar-refractivity contribution is 6.35. The second-order valence-corrected chi connectivity index (χ2v) is 9.48. The molecule has 2 atom stereocenters. The number of benzene rings is 1. The van der Waals surface area contributed by atoms with Gasteiger partial charge in [0, 0.05) is 30.2 Å². The number of likely N-dealkylation sites (tertiary alicyclic amines) is 2. The van der Waals surface area contributed by atoms with Crippen molar-refractivity contribution in [3.63, 3.8) is 0 Å². The molecule has 2 fully saturated rings. The van der Waals surface area contributed by atoms with Gasteiger partial charge in [0.2, 0.25) is 11.8 Å². The molecule has 3 heterocycles. The molecule has 2 aliphatic rings. The molecule has 0 unspecified atom stereocenters. The van der Waals surface area contributed by atoms with Crippen molar-refractivity contribution in [3.05, 3.63) is 35.0 Å². The zero-order valence-electron chi connectivity index (χ0n) is 18.6. The molecule has 4 N–H and O–H groups in total. The maximum Gasteiger partial charge on any atom is 0.243 e. The quantitative estimate of drug-likeness (QED) is 0.502. The summed E-state index contributed by atoms with van der Waals surface area (Å²) in [4.78, 5) is 32.7. The van der Waals surface area contributed by atoms with Crippen molar-refractivity contribution in [3.8, 4) is 0 Å². The number of carbonyl (C=O) groups excluding carboxylic acids is 2. The van der Waals surface area contributed by atoms with Crippen LogP contribution in [0.5, 0.6) is 0 Å². The highest BCUT2D eigenvalue weighted by Crippen LogP contribution is 2.24. The van der Waals surface area contributed by atoms with Crippen LogP contribution in [0.1, 0.15) is 50.5 Å². The molecule has 4 rings (SSSR count). The number of rotatable bonds is 9. The van der Waals surface area contributed by atoms with Crippen LogP contribution in [0.2, 0.25) is 5.02 Å². The summed E-state index contributed by atoms with van der Waals surface area (Å²) in [6.45, 7) is 4.49. The molecule has 0 aliphatic carbocycles. The fourth-order valence-electron chi connectivity index (χ4n) is 4.69. The van der Waals surface area contributed by atoms with E-state index in [1.165, 1.54) is 32.4 Å². The van der Waals surface area contributed by atoms with Crippen LogP contribution in [0.25, 0.3) is 10.9 Å². The molecule has 0 bridgehead atoms. The molecule has 8 heteroatoms. The van der Waals surface area contributed by atoms with Crippen LogP contribution in [-0.2, 0) is 16.1 Å². The smallest absolute Gasteiger partial charge is 0.243 e. The molecule has 2 aromatic rings. The molecule has 32 heavy (non-hydrogen) atoms. The van der Waals surface area contributed by atoms with Crippen molar-refractivity contribution < 1.29 is 9.59 Å². The van der Waals surface area contributed by atoms with Gasteiger partial charge in [-0.2, -0.15) is 0 Å². The van der Waals surface area contributed by atoms with Gasteiger partial charge >= 0.3 is 0 Å². The van der Waals surface area contributed by atoms with E-state index in [9.17, 15) is 9.59 Å². The molecule has 0 saturated carbocycles. The number of fused-ring (bicyclic) bond motifs is 1. The summed E-state index contributed by atoms with van der Waals surface area (Å²) < 4.78 is 0. The molecule has 174 valence electrons. The number of hydrogen-bond acceptors (Lipinski definition) is 4. The minimum Gasteiger partial charge on any atom is -0.360 e. The topological polar surface area (TPSA) is 94.5 Å². The number of amides is 2. The van der Waals surface area contributed by atoms with E-state index in [0.29, 0.717) is 31.0 Å². The second kappa shape index (κ2) is 10.7. The van der Waals surface area contributed by atoms with Gasteiger partial charge in [0.25, 0.3) is 0 Å². The van der Waals surface area contributed by atoms with E-state index in [1.807, 2.05) is 18.2 Å². The molecule has 1 aromatic carbocycles. The average molecular weight is 460 g/mol. The highest BCUT2D eigenvalue weighted by atomic mass is 35.5. The van der Waals surface area contributed by atoms with Crippen LogP contribution in [0, 0.1) is 0 Å². The Bertz CT molecular complexity index is 940. The Kier molecular flexibility index (Phi) is 7.71. The minimum atomic E-state index is -0.523. The van der Waals surface area contributed by atoms with Crippen molar-refractivity contribution in [1.29, 1.82) is 0 Å². The van der Waals surface area contributed by atoms with E-state index >= 15 is 0 Å². The van der Waals surface area contributed by atoms with Crippen LogP contribution >= 0.6 is 11.6 Å². The first-order valence-electron chi connectivity index (χ1n) is 11.8. The molecular formula is C24H34ClN5O2. The number of nitrogens with two attached hydrogens (primary N) is 1. The number of carbonyl (C=O) groups is 2. The number of nitrogens with one attached hydrogen (secondary N) is 2. The number of H-pyrrole nitrogens is 1. The first-order chi connectivity index (χ1) is 15.5. The molecular weight excluding hydrogens is 426 g/mol. The number of aromatic amines is 1. The fraction of sp³-hybridized carbons (Fsp3) is 0.583. The van der Waals surface area contributed by atoms with Gasteiger partial charge in [-0.25, -0.2) is 0 Å². The number of unbranched alkanes of at least 4 members (excludes halogenated alkanes) is 1.